The zero-order valence-electron chi connectivity index (χ0n) is 11.9. The summed E-state index contributed by atoms with van der Waals surface area (Å²) in [7, 11) is 0. The van der Waals surface area contributed by atoms with Gasteiger partial charge >= 0.3 is 0 Å². The molecule has 0 aromatic heterocycles. The van der Waals surface area contributed by atoms with Crippen LogP contribution in [0, 0.1) is 5.92 Å². The summed E-state index contributed by atoms with van der Waals surface area (Å²) in [6, 6.07) is 0. The summed E-state index contributed by atoms with van der Waals surface area (Å²) in [5.74, 6) is 0.797. The monoisotopic (exact) mass is 267 g/mol. The highest BCUT2D eigenvalue weighted by atomic mass is 16.2. The second-order valence-electron chi connectivity index (χ2n) is 5.53. The number of carbonyl (C=O) groups excluding carboxylic acids is 2. The van der Waals surface area contributed by atoms with Crippen molar-refractivity contribution in [1.29, 1.82) is 0 Å². The molecule has 0 radical (unpaired) electrons. The third kappa shape index (κ3) is 4.01. The molecule has 2 fully saturated rings. The van der Waals surface area contributed by atoms with Crippen LogP contribution in [-0.2, 0) is 9.59 Å². The molecule has 1 N–H and O–H groups in total. The summed E-state index contributed by atoms with van der Waals surface area (Å²) in [6.45, 7) is 7.89. The molecule has 0 aliphatic carbocycles. The number of amides is 2. The number of nitrogens with zero attached hydrogens (tertiary/aromatic N) is 2. The van der Waals surface area contributed by atoms with Gasteiger partial charge in [0.15, 0.2) is 0 Å². The third-order valence-electron chi connectivity index (χ3n) is 4.18. The van der Waals surface area contributed by atoms with Gasteiger partial charge in [-0.15, -0.1) is 0 Å². The fraction of sp³-hybridized carbons (Fsp3) is 0.857. The van der Waals surface area contributed by atoms with Gasteiger partial charge < -0.3 is 10.2 Å². The van der Waals surface area contributed by atoms with Crippen molar-refractivity contribution in [1.82, 2.24) is 15.1 Å². The van der Waals surface area contributed by atoms with E-state index < -0.39 is 0 Å². The molecule has 2 rings (SSSR count). The fourth-order valence-electron chi connectivity index (χ4n) is 2.88. The minimum Gasteiger partial charge on any atom is -0.317 e. The summed E-state index contributed by atoms with van der Waals surface area (Å²) in [5, 5.41) is 3.41. The normalized spacial score (nSPS) is 22.5. The van der Waals surface area contributed by atoms with Gasteiger partial charge in [0.2, 0.25) is 11.8 Å². The molecule has 2 saturated heterocycles. The molecule has 0 aromatic rings. The second-order valence-corrected chi connectivity index (χ2v) is 5.53. The van der Waals surface area contributed by atoms with E-state index in [1.807, 2.05) is 0 Å². The molecule has 5 nitrogen and oxygen atoms in total. The van der Waals surface area contributed by atoms with Crippen LogP contribution >= 0.6 is 0 Å². The standard InChI is InChI=1S/C14H25N3O2/c1-2-15-11-12-5-7-16(8-6-12)9-10-17-13(18)3-4-14(17)19/h12,15H,2-11H2,1H3. The van der Waals surface area contributed by atoms with Gasteiger partial charge in [0.25, 0.3) is 0 Å². The second kappa shape index (κ2) is 7.01. The number of nitrogens with one attached hydrogen (secondary N) is 1. The molecular weight excluding hydrogens is 242 g/mol. The maximum absolute atomic E-state index is 11.5. The third-order valence-corrected chi connectivity index (χ3v) is 4.18. The van der Waals surface area contributed by atoms with Crippen molar-refractivity contribution in [2.24, 2.45) is 5.92 Å². The van der Waals surface area contributed by atoms with E-state index in [9.17, 15) is 9.59 Å². The molecule has 2 amide bonds. The zero-order valence-corrected chi connectivity index (χ0v) is 11.9. The largest absolute Gasteiger partial charge is 0.317 e. The molecule has 0 atom stereocenters. The Morgan fingerprint density at radius 1 is 1.11 bits per heavy atom. The van der Waals surface area contributed by atoms with Crippen molar-refractivity contribution in [2.75, 3.05) is 39.3 Å². The van der Waals surface area contributed by atoms with Crippen molar-refractivity contribution in [3.05, 3.63) is 0 Å². The van der Waals surface area contributed by atoms with Crippen molar-refractivity contribution in [3.8, 4) is 0 Å². The van der Waals surface area contributed by atoms with Crippen LogP contribution in [0.5, 0.6) is 0 Å². The summed E-state index contributed by atoms with van der Waals surface area (Å²) >= 11 is 0. The Kier molecular flexibility index (Phi) is 5.34. The SMILES string of the molecule is CCNCC1CCN(CCN2C(=O)CCC2=O)CC1. The highest BCUT2D eigenvalue weighted by molar-refractivity contribution is 6.01. The zero-order chi connectivity index (χ0) is 13.7. The lowest BCUT2D eigenvalue weighted by atomic mass is 9.97. The maximum Gasteiger partial charge on any atom is 0.229 e. The molecule has 0 saturated carbocycles. The summed E-state index contributed by atoms with van der Waals surface area (Å²) in [4.78, 5) is 26.8. The summed E-state index contributed by atoms with van der Waals surface area (Å²) in [5.41, 5.74) is 0. The quantitative estimate of drug-likeness (QED) is 0.710. The average molecular weight is 267 g/mol. The van der Waals surface area contributed by atoms with Gasteiger partial charge in [-0.3, -0.25) is 14.5 Å². The van der Waals surface area contributed by atoms with Crippen LogP contribution in [0.25, 0.3) is 0 Å². The van der Waals surface area contributed by atoms with Crippen LogP contribution < -0.4 is 5.32 Å². The van der Waals surface area contributed by atoms with Crippen LogP contribution in [0.1, 0.15) is 32.6 Å². The Morgan fingerprint density at radius 2 is 1.74 bits per heavy atom. The number of hydrogen-bond acceptors (Lipinski definition) is 4. The van der Waals surface area contributed by atoms with E-state index in [1.165, 1.54) is 17.7 Å². The van der Waals surface area contributed by atoms with Gasteiger partial charge in [-0.05, 0) is 44.9 Å². The van der Waals surface area contributed by atoms with E-state index in [4.69, 9.17) is 0 Å². The lowest BCUT2D eigenvalue weighted by molar-refractivity contribution is -0.138. The molecule has 0 unspecified atom stereocenters. The smallest absolute Gasteiger partial charge is 0.229 e. The lowest BCUT2D eigenvalue weighted by Gasteiger charge is -2.32. The highest BCUT2D eigenvalue weighted by Gasteiger charge is 2.29. The first-order valence-corrected chi connectivity index (χ1v) is 7.47. The summed E-state index contributed by atoms with van der Waals surface area (Å²) < 4.78 is 0. The Hall–Kier alpha value is -0.940. The number of rotatable bonds is 6. The maximum atomic E-state index is 11.5. The molecular formula is C14H25N3O2. The molecule has 108 valence electrons. The van der Waals surface area contributed by atoms with Crippen LogP contribution in [0.4, 0.5) is 0 Å². The predicted octanol–water partition coefficient (Wildman–Crippen LogP) is 0.457. The van der Waals surface area contributed by atoms with E-state index in [1.54, 1.807) is 0 Å². The van der Waals surface area contributed by atoms with Crippen LogP contribution in [0.15, 0.2) is 0 Å². The molecule has 2 aliphatic rings. The van der Waals surface area contributed by atoms with Crippen LogP contribution in [0.3, 0.4) is 0 Å². The van der Waals surface area contributed by atoms with E-state index >= 15 is 0 Å². The molecule has 2 aliphatic heterocycles. The lowest BCUT2D eigenvalue weighted by Crippen LogP contribution is -2.42. The van der Waals surface area contributed by atoms with E-state index in [0.29, 0.717) is 19.4 Å². The Balaban J connectivity index is 1.65. The van der Waals surface area contributed by atoms with Gasteiger partial charge in [-0.25, -0.2) is 0 Å². The Bertz CT molecular complexity index is 309. The topological polar surface area (TPSA) is 52.6 Å². The van der Waals surface area contributed by atoms with Crippen molar-refractivity contribution < 1.29 is 9.59 Å². The Morgan fingerprint density at radius 3 is 2.32 bits per heavy atom. The van der Waals surface area contributed by atoms with Gasteiger partial charge in [0, 0.05) is 25.9 Å². The van der Waals surface area contributed by atoms with E-state index in [-0.39, 0.29) is 11.8 Å². The number of imide groups is 1. The first-order valence-electron chi connectivity index (χ1n) is 7.47. The molecule has 5 heteroatoms. The number of piperidine rings is 1. The van der Waals surface area contributed by atoms with Crippen molar-refractivity contribution in [2.45, 2.75) is 32.6 Å². The molecule has 0 aromatic carbocycles. The average Bonchev–Trinajstić information content (AvgIpc) is 2.75. The minimum atomic E-state index is 0.00651. The van der Waals surface area contributed by atoms with Crippen molar-refractivity contribution >= 4 is 11.8 Å². The van der Waals surface area contributed by atoms with Gasteiger partial charge in [0.1, 0.15) is 0 Å². The minimum absolute atomic E-state index is 0.00651. The van der Waals surface area contributed by atoms with Gasteiger partial charge in [-0.1, -0.05) is 6.92 Å². The fourth-order valence-corrected chi connectivity index (χ4v) is 2.88. The predicted molar refractivity (Wildman–Crippen MR) is 73.7 cm³/mol. The first-order chi connectivity index (χ1) is 9.20. The Labute approximate surface area is 115 Å². The number of carbonyl (C=O) groups is 2. The van der Waals surface area contributed by atoms with Crippen LogP contribution in [-0.4, -0.2) is 60.9 Å². The number of likely N-dealkylation sites (tertiary alicyclic amines) is 2. The van der Waals surface area contributed by atoms with Crippen LogP contribution in [0.2, 0.25) is 0 Å². The van der Waals surface area contributed by atoms with Gasteiger partial charge in [0.05, 0.1) is 0 Å². The van der Waals surface area contributed by atoms with E-state index in [2.05, 4.69) is 17.1 Å². The van der Waals surface area contributed by atoms with E-state index in [0.717, 1.165) is 38.6 Å². The molecule has 19 heavy (non-hydrogen) atoms. The molecule has 0 bridgehead atoms. The molecule has 2 heterocycles. The highest BCUT2D eigenvalue weighted by Crippen LogP contribution is 2.17. The van der Waals surface area contributed by atoms with Gasteiger partial charge in [-0.2, -0.15) is 0 Å². The molecule has 0 spiro atoms. The summed E-state index contributed by atoms with van der Waals surface area (Å²) in [6.07, 6.45) is 3.25. The number of hydrogen-bond donors (Lipinski definition) is 1. The first kappa shape index (κ1) is 14.5. The van der Waals surface area contributed by atoms with Crippen molar-refractivity contribution in [3.63, 3.8) is 0 Å².